The molecule has 2 rings (SSSR count). The van der Waals surface area contributed by atoms with Crippen LogP contribution in [-0.4, -0.2) is 10.2 Å². The zero-order valence-corrected chi connectivity index (χ0v) is 9.90. The fourth-order valence-corrected chi connectivity index (χ4v) is 1.40. The van der Waals surface area contributed by atoms with E-state index < -0.39 is 0 Å². The minimum Gasteiger partial charge on any atom is -0.424 e. The van der Waals surface area contributed by atoms with Crippen LogP contribution < -0.4 is 0 Å². The van der Waals surface area contributed by atoms with E-state index in [1.54, 1.807) is 0 Å². The van der Waals surface area contributed by atoms with E-state index in [9.17, 15) is 0 Å². The van der Waals surface area contributed by atoms with Crippen molar-refractivity contribution in [1.82, 2.24) is 10.2 Å². The molecule has 3 heteroatoms. The molecular weight excluding hydrogens is 200 g/mol. The summed E-state index contributed by atoms with van der Waals surface area (Å²) in [6.45, 7) is 6.19. The smallest absolute Gasteiger partial charge is 0.221 e. The highest BCUT2D eigenvalue weighted by atomic mass is 16.4. The molecule has 84 valence electrons. The Morgan fingerprint density at radius 3 is 2.31 bits per heavy atom. The third kappa shape index (κ3) is 2.48. The fourth-order valence-electron chi connectivity index (χ4n) is 1.40. The summed E-state index contributed by atoms with van der Waals surface area (Å²) in [7, 11) is 0. The van der Waals surface area contributed by atoms with Crippen molar-refractivity contribution in [3.05, 3.63) is 47.7 Å². The molecule has 0 saturated carbocycles. The van der Waals surface area contributed by atoms with Crippen LogP contribution in [0.15, 0.2) is 34.7 Å². The highest BCUT2D eigenvalue weighted by molar-refractivity contribution is 5.17. The van der Waals surface area contributed by atoms with Crippen molar-refractivity contribution >= 4 is 0 Å². The molecule has 16 heavy (non-hydrogen) atoms. The first-order chi connectivity index (χ1) is 7.55. The number of aromatic nitrogens is 2. The van der Waals surface area contributed by atoms with Gasteiger partial charge in [0.25, 0.3) is 0 Å². The minimum absolute atomic E-state index is 0.0814. The lowest BCUT2D eigenvalue weighted by Crippen LogP contribution is -2.11. The topological polar surface area (TPSA) is 38.9 Å². The van der Waals surface area contributed by atoms with Gasteiger partial charge in [0.2, 0.25) is 11.8 Å². The van der Waals surface area contributed by atoms with Crippen molar-refractivity contribution < 1.29 is 4.42 Å². The second kappa shape index (κ2) is 4.08. The minimum atomic E-state index is -0.0814. The van der Waals surface area contributed by atoms with Crippen LogP contribution in [0.25, 0.3) is 0 Å². The van der Waals surface area contributed by atoms with Crippen LogP contribution in [0.5, 0.6) is 0 Å². The molecule has 0 bridgehead atoms. The Labute approximate surface area is 95.5 Å². The maximum atomic E-state index is 5.63. The predicted octanol–water partition coefficient (Wildman–Crippen LogP) is 2.96. The molecule has 0 radical (unpaired) electrons. The van der Waals surface area contributed by atoms with E-state index in [4.69, 9.17) is 4.42 Å². The van der Waals surface area contributed by atoms with E-state index in [2.05, 4.69) is 43.1 Å². The molecule has 0 aliphatic heterocycles. The van der Waals surface area contributed by atoms with Gasteiger partial charge in [0.05, 0.1) is 6.42 Å². The molecule has 0 unspecified atom stereocenters. The van der Waals surface area contributed by atoms with Crippen molar-refractivity contribution in [3.8, 4) is 0 Å². The largest absolute Gasteiger partial charge is 0.424 e. The van der Waals surface area contributed by atoms with Crippen LogP contribution >= 0.6 is 0 Å². The van der Waals surface area contributed by atoms with E-state index in [-0.39, 0.29) is 5.41 Å². The zero-order chi connectivity index (χ0) is 11.6. The lowest BCUT2D eigenvalue weighted by Gasteiger charge is -2.10. The summed E-state index contributed by atoms with van der Waals surface area (Å²) in [6, 6.07) is 10.1. The number of hydrogen-bond acceptors (Lipinski definition) is 3. The summed E-state index contributed by atoms with van der Waals surface area (Å²) < 4.78 is 5.63. The van der Waals surface area contributed by atoms with Crippen LogP contribution in [0, 0.1) is 0 Å². The monoisotopic (exact) mass is 216 g/mol. The quantitative estimate of drug-likeness (QED) is 0.774. The Balaban J connectivity index is 2.15. The molecule has 0 spiro atoms. The second-order valence-corrected chi connectivity index (χ2v) is 4.91. The van der Waals surface area contributed by atoms with Crippen LogP contribution in [-0.2, 0) is 11.8 Å². The van der Waals surface area contributed by atoms with Crippen LogP contribution in [0.4, 0.5) is 0 Å². The Hall–Kier alpha value is -1.64. The van der Waals surface area contributed by atoms with Crippen molar-refractivity contribution in [3.63, 3.8) is 0 Å². The molecule has 3 nitrogen and oxygen atoms in total. The van der Waals surface area contributed by atoms with Gasteiger partial charge in [-0.1, -0.05) is 51.1 Å². The van der Waals surface area contributed by atoms with E-state index in [1.807, 2.05) is 18.2 Å². The third-order valence-electron chi connectivity index (χ3n) is 2.31. The lowest BCUT2D eigenvalue weighted by molar-refractivity contribution is 0.375. The molecule has 1 aromatic heterocycles. The van der Waals surface area contributed by atoms with E-state index in [0.717, 1.165) is 0 Å². The van der Waals surface area contributed by atoms with E-state index >= 15 is 0 Å². The van der Waals surface area contributed by atoms with Crippen molar-refractivity contribution in [2.24, 2.45) is 0 Å². The van der Waals surface area contributed by atoms with Gasteiger partial charge in [-0.2, -0.15) is 0 Å². The Morgan fingerprint density at radius 1 is 1.06 bits per heavy atom. The molecule has 0 fully saturated rings. The molecule has 0 amide bonds. The summed E-state index contributed by atoms with van der Waals surface area (Å²) >= 11 is 0. The molecule has 2 aromatic rings. The van der Waals surface area contributed by atoms with Gasteiger partial charge in [-0.05, 0) is 5.56 Å². The molecule has 1 aromatic carbocycles. The van der Waals surface area contributed by atoms with Crippen molar-refractivity contribution in [2.75, 3.05) is 0 Å². The van der Waals surface area contributed by atoms with Crippen LogP contribution in [0.1, 0.15) is 38.1 Å². The first-order valence-electron chi connectivity index (χ1n) is 5.42. The van der Waals surface area contributed by atoms with E-state index in [0.29, 0.717) is 18.2 Å². The number of benzene rings is 1. The van der Waals surface area contributed by atoms with Gasteiger partial charge in [-0.3, -0.25) is 0 Å². The SMILES string of the molecule is CC(C)(C)c1nnc(Cc2ccccc2)o1. The Morgan fingerprint density at radius 2 is 1.75 bits per heavy atom. The predicted molar refractivity (Wildman–Crippen MR) is 62.2 cm³/mol. The standard InChI is InChI=1S/C13H16N2O/c1-13(2,3)12-15-14-11(16-12)9-10-7-5-4-6-8-10/h4-8H,9H2,1-3H3. The molecule has 0 atom stereocenters. The summed E-state index contributed by atoms with van der Waals surface area (Å²) in [5.41, 5.74) is 1.11. The molecule has 1 heterocycles. The zero-order valence-electron chi connectivity index (χ0n) is 9.90. The van der Waals surface area contributed by atoms with Crippen LogP contribution in [0.2, 0.25) is 0 Å². The van der Waals surface area contributed by atoms with Gasteiger partial charge < -0.3 is 4.42 Å². The van der Waals surface area contributed by atoms with Crippen LogP contribution in [0.3, 0.4) is 0 Å². The number of rotatable bonds is 2. The first kappa shape index (κ1) is 10.9. The second-order valence-electron chi connectivity index (χ2n) is 4.91. The van der Waals surface area contributed by atoms with Crippen molar-refractivity contribution in [2.45, 2.75) is 32.6 Å². The van der Waals surface area contributed by atoms with Gasteiger partial charge in [0, 0.05) is 5.41 Å². The summed E-state index contributed by atoms with van der Waals surface area (Å²) in [6.07, 6.45) is 0.698. The van der Waals surface area contributed by atoms with Gasteiger partial charge >= 0.3 is 0 Å². The van der Waals surface area contributed by atoms with Gasteiger partial charge in [-0.15, -0.1) is 10.2 Å². The van der Waals surface area contributed by atoms with Gasteiger partial charge in [-0.25, -0.2) is 0 Å². The molecule has 0 aliphatic carbocycles. The Kier molecular flexibility index (Phi) is 2.77. The maximum absolute atomic E-state index is 5.63. The summed E-state index contributed by atoms with van der Waals surface area (Å²) in [4.78, 5) is 0. The highest BCUT2D eigenvalue weighted by Crippen LogP contribution is 2.21. The lowest BCUT2D eigenvalue weighted by atomic mass is 9.97. The normalized spacial score (nSPS) is 11.7. The molecule has 0 N–H and O–H groups in total. The number of hydrogen-bond donors (Lipinski definition) is 0. The molecular formula is C13H16N2O. The molecule has 0 saturated heterocycles. The first-order valence-corrected chi connectivity index (χ1v) is 5.42. The maximum Gasteiger partial charge on any atom is 0.221 e. The van der Waals surface area contributed by atoms with Gasteiger partial charge in [0.15, 0.2) is 0 Å². The average Bonchev–Trinajstić information content (AvgIpc) is 2.67. The fraction of sp³-hybridized carbons (Fsp3) is 0.385. The summed E-state index contributed by atoms with van der Waals surface area (Å²) in [5.74, 6) is 1.37. The Bertz CT molecular complexity index is 454. The number of nitrogens with zero attached hydrogens (tertiary/aromatic N) is 2. The highest BCUT2D eigenvalue weighted by Gasteiger charge is 2.21. The average molecular weight is 216 g/mol. The molecule has 0 aliphatic rings. The van der Waals surface area contributed by atoms with Gasteiger partial charge in [0.1, 0.15) is 0 Å². The summed E-state index contributed by atoms with van der Waals surface area (Å²) in [5, 5.41) is 8.13. The van der Waals surface area contributed by atoms with Crippen molar-refractivity contribution in [1.29, 1.82) is 0 Å². The van der Waals surface area contributed by atoms with E-state index in [1.165, 1.54) is 5.56 Å². The third-order valence-corrected chi connectivity index (χ3v) is 2.31.